The van der Waals surface area contributed by atoms with Gasteiger partial charge >= 0.3 is 6.18 Å². The Kier molecular flexibility index (Phi) is 7.16. The maximum absolute atomic E-state index is 14.1. The lowest BCUT2D eigenvalue weighted by Crippen LogP contribution is -2.16. The van der Waals surface area contributed by atoms with Crippen molar-refractivity contribution < 1.29 is 18.9 Å². The maximum Gasteiger partial charge on any atom is 0.419 e. The Labute approximate surface area is 131 Å². The average molecular weight is 320 g/mol. The Bertz CT molecular complexity index is 486. The van der Waals surface area contributed by atoms with Crippen LogP contribution in [-0.2, 0) is 6.18 Å². The highest BCUT2D eigenvalue weighted by atomic mass is 19.4. The molecule has 0 aliphatic heterocycles. The molecule has 0 aliphatic carbocycles. The summed E-state index contributed by atoms with van der Waals surface area (Å²) in [6.07, 6.45) is 2.41. The minimum atomic E-state index is -4.78. The van der Waals surface area contributed by atoms with E-state index in [1.165, 1.54) is 12.5 Å². The fourth-order valence-electron chi connectivity index (χ4n) is 2.41. The molecule has 0 saturated heterocycles. The molecule has 0 radical (unpaired) electrons. The molecule has 5 heteroatoms. The van der Waals surface area contributed by atoms with Crippen molar-refractivity contribution in [2.45, 2.75) is 70.5 Å². The van der Waals surface area contributed by atoms with Gasteiger partial charge in [0.2, 0.25) is 0 Å². The van der Waals surface area contributed by atoms with Crippen molar-refractivity contribution >= 4 is 0 Å². The lowest BCUT2D eigenvalue weighted by molar-refractivity contribution is -0.140. The second kappa shape index (κ2) is 9.13. The Morgan fingerprint density at radius 2 is 1.68 bits per heavy atom. The van der Waals surface area contributed by atoms with E-state index in [2.05, 4.69) is 6.92 Å². The van der Waals surface area contributed by atoms with Gasteiger partial charge in [-0.2, -0.15) is 13.2 Å². The van der Waals surface area contributed by atoms with Crippen LogP contribution in [0.15, 0.2) is 18.2 Å². The number of benzene rings is 1. The number of rotatable bonds is 9. The molecular formula is C17H25F4N. The number of hydrogen-bond acceptors (Lipinski definition) is 1. The Hall–Kier alpha value is -1.10. The molecule has 1 atom stereocenters. The Morgan fingerprint density at radius 1 is 1.09 bits per heavy atom. The summed E-state index contributed by atoms with van der Waals surface area (Å²) >= 11 is 0. The summed E-state index contributed by atoms with van der Waals surface area (Å²) in [5.74, 6) is -1.43. The predicted octanol–water partition coefficient (Wildman–Crippen LogP) is 5.99. The number of alkyl halides is 3. The van der Waals surface area contributed by atoms with Gasteiger partial charge in [-0.15, -0.1) is 0 Å². The first-order valence-corrected chi connectivity index (χ1v) is 7.85. The molecule has 0 aliphatic rings. The van der Waals surface area contributed by atoms with Crippen molar-refractivity contribution in [2.75, 3.05) is 0 Å². The molecule has 0 unspecified atom stereocenters. The van der Waals surface area contributed by atoms with Crippen LogP contribution in [-0.4, -0.2) is 0 Å². The minimum Gasteiger partial charge on any atom is -0.324 e. The predicted molar refractivity (Wildman–Crippen MR) is 80.9 cm³/mol. The number of halogens is 4. The molecular weight excluding hydrogens is 294 g/mol. The van der Waals surface area contributed by atoms with Crippen LogP contribution in [0.5, 0.6) is 0 Å². The highest BCUT2D eigenvalue weighted by Crippen LogP contribution is 2.34. The average Bonchev–Trinajstić information content (AvgIpc) is 2.45. The SMILES string of the molecule is [2H][C@@](N)(CCCCCCCCC)c1cccc(C(F)(F)F)c1F. The van der Waals surface area contributed by atoms with Gasteiger partial charge in [0.25, 0.3) is 0 Å². The van der Waals surface area contributed by atoms with Crippen molar-refractivity contribution in [3.63, 3.8) is 0 Å². The first kappa shape index (κ1) is 17.3. The van der Waals surface area contributed by atoms with Crippen molar-refractivity contribution in [1.29, 1.82) is 0 Å². The zero-order valence-electron chi connectivity index (χ0n) is 14.0. The van der Waals surface area contributed by atoms with Crippen LogP contribution < -0.4 is 5.73 Å². The van der Waals surface area contributed by atoms with Gasteiger partial charge in [-0.25, -0.2) is 4.39 Å². The van der Waals surface area contributed by atoms with Crippen LogP contribution in [0, 0.1) is 5.82 Å². The second-order valence-corrected chi connectivity index (χ2v) is 5.56. The van der Waals surface area contributed by atoms with Gasteiger partial charge in [0.05, 0.1) is 6.93 Å². The zero-order valence-corrected chi connectivity index (χ0v) is 13.0. The summed E-state index contributed by atoms with van der Waals surface area (Å²) in [6.45, 7) is 2.13. The van der Waals surface area contributed by atoms with Gasteiger partial charge in [0, 0.05) is 11.6 Å². The van der Waals surface area contributed by atoms with E-state index in [1.54, 1.807) is 0 Å². The number of nitrogens with two attached hydrogens (primary N) is 1. The molecule has 0 fully saturated rings. The second-order valence-electron chi connectivity index (χ2n) is 5.56. The highest BCUT2D eigenvalue weighted by Gasteiger charge is 2.35. The summed E-state index contributed by atoms with van der Waals surface area (Å²) in [5.41, 5.74) is 4.02. The molecule has 1 aromatic rings. The Balaban J connectivity index is 2.63. The Morgan fingerprint density at radius 3 is 2.27 bits per heavy atom. The third kappa shape index (κ3) is 5.95. The standard InChI is InChI=1S/C17H25F4N/c1-2-3-4-5-6-7-8-12-15(22)13-10-9-11-14(16(13)18)17(19,20)21/h9-11,15H,2-8,12,22H2,1H3/t15-/m1/s1/i15D. The van der Waals surface area contributed by atoms with Gasteiger partial charge in [0.15, 0.2) is 0 Å². The van der Waals surface area contributed by atoms with Crippen LogP contribution in [0.2, 0.25) is 0 Å². The topological polar surface area (TPSA) is 26.0 Å². The molecule has 22 heavy (non-hydrogen) atoms. The lowest BCUT2D eigenvalue weighted by atomic mass is 9.98. The van der Waals surface area contributed by atoms with Crippen molar-refractivity contribution in [3.8, 4) is 0 Å². The zero-order chi connectivity index (χ0) is 17.5. The molecule has 0 heterocycles. The van der Waals surface area contributed by atoms with Crippen molar-refractivity contribution in [1.82, 2.24) is 0 Å². The lowest BCUT2D eigenvalue weighted by Gasteiger charge is -2.16. The van der Waals surface area contributed by atoms with Crippen LogP contribution >= 0.6 is 0 Å². The molecule has 1 nitrogen and oxygen atoms in total. The van der Waals surface area contributed by atoms with Crippen molar-refractivity contribution in [2.24, 2.45) is 5.73 Å². The van der Waals surface area contributed by atoms with Gasteiger partial charge < -0.3 is 5.73 Å². The third-order valence-electron chi connectivity index (χ3n) is 3.70. The summed E-state index contributed by atoms with van der Waals surface area (Å²) < 4.78 is 60.3. The fraction of sp³-hybridized carbons (Fsp3) is 0.647. The van der Waals surface area contributed by atoms with Crippen LogP contribution in [0.3, 0.4) is 0 Å². The quantitative estimate of drug-likeness (QED) is 0.439. The number of unbranched alkanes of at least 4 members (excludes halogenated alkanes) is 6. The third-order valence-corrected chi connectivity index (χ3v) is 3.70. The van der Waals surface area contributed by atoms with Gasteiger partial charge in [-0.05, 0) is 12.5 Å². The number of hydrogen-bond donors (Lipinski definition) is 1. The molecule has 126 valence electrons. The van der Waals surface area contributed by atoms with E-state index in [4.69, 9.17) is 7.10 Å². The summed E-state index contributed by atoms with van der Waals surface area (Å²) in [6, 6.07) is 1.10. The summed E-state index contributed by atoms with van der Waals surface area (Å²) in [7, 11) is 0. The van der Waals surface area contributed by atoms with E-state index in [0.717, 1.165) is 38.2 Å². The van der Waals surface area contributed by atoms with Crippen LogP contribution in [0.25, 0.3) is 0 Å². The van der Waals surface area contributed by atoms with E-state index in [9.17, 15) is 17.6 Å². The van der Waals surface area contributed by atoms with E-state index in [0.29, 0.717) is 12.5 Å². The van der Waals surface area contributed by atoms with E-state index < -0.39 is 29.1 Å². The molecule has 0 amide bonds. The molecule has 1 rings (SSSR count). The van der Waals surface area contributed by atoms with E-state index >= 15 is 0 Å². The van der Waals surface area contributed by atoms with Crippen LogP contribution in [0.4, 0.5) is 17.6 Å². The molecule has 1 aromatic carbocycles. The molecule has 2 N–H and O–H groups in total. The first-order chi connectivity index (χ1) is 10.7. The van der Waals surface area contributed by atoms with Crippen molar-refractivity contribution in [3.05, 3.63) is 35.1 Å². The normalized spacial score (nSPS) is 15.5. The summed E-state index contributed by atoms with van der Waals surface area (Å²) in [4.78, 5) is 0. The first-order valence-electron chi connectivity index (χ1n) is 8.35. The summed E-state index contributed by atoms with van der Waals surface area (Å²) in [5, 5.41) is 0. The molecule has 0 spiro atoms. The minimum absolute atomic E-state index is 0.138. The monoisotopic (exact) mass is 320 g/mol. The van der Waals surface area contributed by atoms with Gasteiger partial charge in [-0.1, -0.05) is 64.0 Å². The van der Waals surface area contributed by atoms with Gasteiger partial charge in [0.1, 0.15) is 5.82 Å². The van der Waals surface area contributed by atoms with Gasteiger partial charge in [-0.3, -0.25) is 0 Å². The van der Waals surface area contributed by atoms with E-state index in [-0.39, 0.29) is 6.42 Å². The van der Waals surface area contributed by atoms with E-state index in [1.807, 2.05) is 0 Å². The van der Waals surface area contributed by atoms with Crippen LogP contribution in [0.1, 0.15) is 76.8 Å². The maximum atomic E-state index is 14.1. The largest absolute Gasteiger partial charge is 0.419 e. The fourth-order valence-corrected chi connectivity index (χ4v) is 2.41. The molecule has 0 bridgehead atoms. The molecule has 0 saturated carbocycles. The highest BCUT2D eigenvalue weighted by molar-refractivity contribution is 5.30. The molecule has 0 aromatic heterocycles. The smallest absolute Gasteiger partial charge is 0.324 e.